The topological polar surface area (TPSA) is 110 Å². The highest BCUT2D eigenvalue weighted by Crippen LogP contribution is 2.28. The van der Waals surface area contributed by atoms with E-state index in [1.165, 1.54) is 24.3 Å². The molecule has 0 spiro atoms. The first-order valence-corrected chi connectivity index (χ1v) is 11.2. The summed E-state index contributed by atoms with van der Waals surface area (Å²) in [6.07, 6.45) is 0.689. The zero-order valence-electron chi connectivity index (χ0n) is 16.9. The number of benzene rings is 1. The van der Waals surface area contributed by atoms with Crippen LogP contribution in [0.2, 0.25) is 0 Å². The lowest BCUT2D eigenvalue weighted by Gasteiger charge is -2.47. The van der Waals surface area contributed by atoms with Crippen LogP contribution in [0.1, 0.15) is 33.6 Å². The average Bonchev–Trinajstić information content (AvgIpc) is 2.59. The van der Waals surface area contributed by atoms with Gasteiger partial charge in [0.25, 0.3) is 5.69 Å². The van der Waals surface area contributed by atoms with Gasteiger partial charge in [0.05, 0.1) is 15.1 Å². The number of carbonyl (C=O) groups is 1. The van der Waals surface area contributed by atoms with Crippen molar-refractivity contribution in [2.75, 3.05) is 26.2 Å². The summed E-state index contributed by atoms with van der Waals surface area (Å²) < 4.78 is 31.0. The largest absolute Gasteiger partial charge is 0.444 e. The summed E-state index contributed by atoms with van der Waals surface area (Å²) in [7, 11) is -3.52. The van der Waals surface area contributed by atoms with E-state index in [0.29, 0.717) is 39.0 Å². The Bertz CT molecular complexity index is 864. The number of nitrogens with zero attached hydrogens (tertiary/aromatic N) is 3. The van der Waals surface area contributed by atoms with E-state index in [9.17, 15) is 23.3 Å². The van der Waals surface area contributed by atoms with Crippen molar-refractivity contribution < 1.29 is 22.9 Å². The molecule has 0 atom stereocenters. The number of nitro groups is 1. The fourth-order valence-electron chi connectivity index (χ4n) is 3.66. The van der Waals surface area contributed by atoms with Gasteiger partial charge in [-0.15, -0.1) is 0 Å². The number of nitro benzene ring substituents is 1. The molecule has 3 rings (SSSR count). The number of hydrogen-bond donors (Lipinski definition) is 0. The van der Waals surface area contributed by atoms with Crippen molar-refractivity contribution in [1.29, 1.82) is 0 Å². The van der Waals surface area contributed by atoms with E-state index in [4.69, 9.17) is 4.74 Å². The lowest BCUT2D eigenvalue weighted by Crippen LogP contribution is -2.63. The van der Waals surface area contributed by atoms with Crippen molar-refractivity contribution in [1.82, 2.24) is 9.80 Å². The summed E-state index contributed by atoms with van der Waals surface area (Å²) in [5, 5.41) is 10.3. The van der Waals surface area contributed by atoms with E-state index in [2.05, 4.69) is 4.90 Å². The van der Waals surface area contributed by atoms with Crippen LogP contribution in [0.4, 0.5) is 10.5 Å². The van der Waals surface area contributed by atoms with Gasteiger partial charge in [0, 0.05) is 31.3 Å². The second-order valence-corrected chi connectivity index (χ2v) is 10.8. The van der Waals surface area contributed by atoms with Crippen molar-refractivity contribution in [3.05, 3.63) is 34.4 Å². The van der Waals surface area contributed by atoms with E-state index in [0.717, 1.165) is 0 Å². The molecular weight excluding hydrogens is 398 g/mol. The van der Waals surface area contributed by atoms with Crippen molar-refractivity contribution in [2.24, 2.45) is 0 Å². The zero-order chi connectivity index (χ0) is 21.4. The Morgan fingerprint density at radius 2 is 1.69 bits per heavy atom. The van der Waals surface area contributed by atoms with Crippen LogP contribution >= 0.6 is 0 Å². The Kier molecular flexibility index (Phi) is 5.86. The standard InChI is InChI=1S/C19H27N3O6S/c1-19(2,3)28-18(23)21-12-15(13-21)20-10-8-17(9-11-20)29(26,27)16-6-4-14(5-7-16)22(24)25/h4-7,15,17H,8-13H2,1-3H3. The molecule has 2 aliphatic heterocycles. The van der Waals surface area contributed by atoms with Crippen LogP contribution in [0.3, 0.4) is 0 Å². The van der Waals surface area contributed by atoms with Crippen LogP contribution in [0.15, 0.2) is 29.2 Å². The Hall–Kier alpha value is -2.20. The van der Waals surface area contributed by atoms with Gasteiger partial charge in [0.2, 0.25) is 0 Å². The first-order valence-electron chi connectivity index (χ1n) is 9.68. The molecule has 2 aliphatic rings. The lowest BCUT2D eigenvalue weighted by molar-refractivity contribution is -0.384. The number of sulfone groups is 1. The number of amides is 1. The number of piperidine rings is 1. The fourth-order valence-corrected chi connectivity index (χ4v) is 5.39. The maximum absolute atomic E-state index is 12.8. The molecule has 1 aromatic rings. The van der Waals surface area contributed by atoms with Gasteiger partial charge in [-0.1, -0.05) is 0 Å². The summed E-state index contributed by atoms with van der Waals surface area (Å²) in [6.45, 7) is 7.96. The Morgan fingerprint density at radius 3 is 2.17 bits per heavy atom. The molecule has 29 heavy (non-hydrogen) atoms. The minimum Gasteiger partial charge on any atom is -0.444 e. The highest BCUT2D eigenvalue weighted by Gasteiger charge is 2.40. The number of likely N-dealkylation sites (tertiary alicyclic amines) is 2. The third kappa shape index (κ3) is 4.87. The number of non-ortho nitro benzene ring substituents is 1. The van der Waals surface area contributed by atoms with Crippen LogP contribution < -0.4 is 0 Å². The molecule has 160 valence electrons. The van der Waals surface area contributed by atoms with E-state index >= 15 is 0 Å². The van der Waals surface area contributed by atoms with Crippen LogP contribution in [-0.4, -0.2) is 72.3 Å². The Balaban J connectivity index is 1.52. The van der Waals surface area contributed by atoms with Gasteiger partial charge >= 0.3 is 6.09 Å². The van der Waals surface area contributed by atoms with Crippen LogP contribution in [0.5, 0.6) is 0 Å². The summed E-state index contributed by atoms with van der Waals surface area (Å²) >= 11 is 0. The molecular formula is C19H27N3O6S. The molecule has 2 heterocycles. The van der Waals surface area contributed by atoms with Crippen molar-refractivity contribution in [2.45, 2.75) is 55.4 Å². The molecule has 1 aromatic carbocycles. The predicted molar refractivity (Wildman–Crippen MR) is 106 cm³/mol. The monoisotopic (exact) mass is 425 g/mol. The summed E-state index contributed by atoms with van der Waals surface area (Å²) in [5.74, 6) is 0. The highest BCUT2D eigenvalue weighted by molar-refractivity contribution is 7.92. The molecule has 0 unspecified atom stereocenters. The molecule has 0 N–H and O–H groups in total. The molecule has 1 amide bonds. The van der Waals surface area contributed by atoms with E-state index in [-0.39, 0.29) is 22.7 Å². The van der Waals surface area contributed by atoms with Gasteiger partial charge in [-0.05, 0) is 58.8 Å². The maximum atomic E-state index is 12.8. The Labute approximate surface area is 170 Å². The summed E-state index contributed by atoms with van der Waals surface area (Å²) in [5.41, 5.74) is -0.648. The molecule has 9 nitrogen and oxygen atoms in total. The second-order valence-electron chi connectivity index (χ2n) is 8.57. The van der Waals surface area contributed by atoms with Gasteiger partial charge in [0.1, 0.15) is 5.60 Å². The van der Waals surface area contributed by atoms with Crippen molar-refractivity contribution >= 4 is 21.6 Å². The van der Waals surface area contributed by atoms with Gasteiger partial charge < -0.3 is 9.64 Å². The number of ether oxygens (including phenoxy) is 1. The quantitative estimate of drug-likeness (QED) is 0.538. The number of rotatable bonds is 4. The SMILES string of the molecule is CC(C)(C)OC(=O)N1CC(N2CCC(S(=O)(=O)c3ccc([N+](=O)[O-])cc3)CC2)C1. The van der Waals surface area contributed by atoms with Crippen LogP contribution in [-0.2, 0) is 14.6 Å². The van der Waals surface area contributed by atoms with Crippen LogP contribution in [0.25, 0.3) is 0 Å². The fraction of sp³-hybridized carbons (Fsp3) is 0.632. The van der Waals surface area contributed by atoms with E-state index in [1.807, 2.05) is 20.8 Å². The molecule has 0 aromatic heterocycles. The van der Waals surface area contributed by atoms with Crippen molar-refractivity contribution in [3.8, 4) is 0 Å². The van der Waals surface area contributed by atoms with Gasteiger partial charge in [-0.25, -0.2) is 13.2 Å². The molecule has 0 aliphatic carbocycles. The first-order chi connectivity index (χ1) is 13.5. The smallest absolute Gasteiger partial charge is 0.410 e. The normalized spacial score (nSPS) is 19.6. The molecule has 0 saturated carbocycles. The van der Waals surface area contributed by atoms with Gasteiger partial charge in [0.15, 0.2) is 9.84 Å². The number of hydrogen-bond acceptors (Lipinski definition) is 7. The predicted octanol–water partition coefficient (Wildman–Crippen LogP) is 2.45. The average molecular weight is 426 g/mol. The third-order valence-corrected chi connectivity index (χ3v) is 7.60. The van der Waals surface area contributed by atoms with Crippen molar-refractivity contribution in [3.63, 3.8) is 0 Å². The zero-order valence-corrected chi connectivity index (χ0v) is 17.7. The van der Waals surface area contributed by atoms with Crippen LogP contribution in [0, 0.1) is 10.1 Å². The Morgan fingerprint density at radius 1 is 1.14 bits per heavy atom. The van der Waals surface area contributed by atoms with E-state index in [1.54, 1.807) is 4.90 Å². The van der Waals surface area contributed by atoms with E-state index < -0.39 is 25.6 Å². The first kappa shape index (κ1) is 21.5. The van der Waals surface area contributed by atoms with Gasteiger partial charge in [-0.3, -0.25) is 15.0 Å². The molecule has 2 fully saturated rings. The van der Waals surface area contributed by atoms with Gasteiger partial charge in [-0.2, -0.15) is 0 Å². The highest BCUT2D eigenvalue weighted by atomic mass is 32.2. The molecule has 2 saturated heterocycles. The minimum atomic E-state index is -3.52. The minimum absolute atomic E-state index is 0.126. The third-order valence-electron chi connectivity index (χ3n) is 5.32. The summed E-state index contributed by atoms with van der Waals surface area (Å²) in [4.78, 5) is 26.3. The number of carbonyl (C=O) groups excluding carboxylic acids is 1. The summed E-state index contributed by atoms with van der Waals surface area (Å²) in [6, 6.07) is 5.30. The second kappa shape index (κ2) is 7.91. The lowest BCUT2D eigenvalue weighted by atomic mass is 10.0. The maximum Gasteiger partial charge on any atom is 0.410 e. The molecule has 0 bridgehead atoms. The molecule has 10 heteroatoms. The molecule has 0 radical (unpaired) electrons.